The van der Waals surface area contributed by atoms with Gasteiger partial charge in [0.25, 0.3) is 0 Å². The summed E-state index contributed by atoms with van der Waals surface area (Å²) in [4.78, 5) is 10.2. The van der Waals surface area contributed by atoms with Crippen molar-refractivity contribution in [3.63, 3.8) is 0 Å². The molecule has 1 rings (SSSR count). The van der Waals surface area contributed by atoms with Crippen molar-refractivity contribution in [2.75, 3.05) is 0 Å². The van der Waals surface area contributed by atoms with Crippen molar-refractivity contribution in [1.29, 1.82) is 0 Å². The summed E-state index contributed by atoms with van der Waals surface area (Å²) < 4.78 is 0. The number of carboxylic acids is 1. The van der Waals surface area contributed by atoms with Crippen LogP contribution in [0.3, 0.4) is 0 Å². The number of hydrogen-bond acceptors (Lipinski definition) is 1. The largest absolute Gasteiger partial charge is 0.478 e. The van der Waals surface area contributed by atoms with E-state index in [0.717, 1.165) is 0 Å². The molecule has 46 valence electrons. The summed E-state index contributed by atoms with van der Waals surface area (Å²) in [5.74, 6) is -0.879. The highest BCUT2D eigenvalue weighted by Crippen LogP contribution is 1.96. The summed E-state index contributed by atoms with van der Waals surface area (Å²) in [6, 6.07) is 8.30. The van der Waals surface area contributed by atoms with Gasteiger partial charge in [-0.05, 0) is 12.1 Å². The third-order valence-electron chi connectivity index (χ3n) is 1.02. The Morgan fingerprint density at radius 3 is 2.11 bits per heavy atom. The second kappa shape index (κ2) is 2.31. The normalized spacial score (nSPS) is 8.89. The van der Waals surface area contributed by atoms with Crippen LogP contribution in [0.1, 0.15) is 10.4 Å². The molecule has 0 saturated heterocycles. The van der Waals surface area contributed by atoms with Gasteiger partial charge in [-0.3, -0.25) is 0 Å². The van der Waals surface area contributed by atoms with Crippen molar-refractivity contribution in [2.24, 2.45) is 0 Å². The third kappa shape index (κ3) is 1.29. The summed E-state index contributed by atoms with van der Waals surface area (Å²) in [5.41, 5.74) is 0.331. The van der Waals surface area contributed by atoms with Gasteiger partial charge in [-0.2, -0.15) is 0 Å². The second-order valence-electron chi connectivity index (χ2n) is 1.67. The number of hydrogen-bond donors (Lipinski definition) is 1. The molecule has 0 atom stereocenters. The molecule has 9 heavy (non-hydrogen) atoms. The average molecular weight is 122 g/mol. The zero-order valence-electron chi connectivity index (χ0n) is 4.74. The second-order valence-corrected chi connectivity index (χ2v) is 1.67. The van der Waals surface area contributed by atoms with Gasteiger partial charge in [-0.1, -0.05) is 18.2 Å². The lowest BCUT2D eigenvalue weighted by Gasteiger charge is -1.88. The lowest BCUT2D eigenvalue weighted by Crippen LogP contribution is -1.93. The fourth-order valence-corrected chi connectivity index (χ4v) is 0.581. The van der Waals surface area contributed by atoms with E-state index in [1.807, 2.05) is 0 Å². The van der Waals surface area contributed by atoms with Gasteiger partial charge in [0.1, 0.15) is 0 Å². The van der Waals surface area contributed by atoms with Crippen LogP contribution in [0.25, 0.3) is 0 Å². The smallest absolute Gasteiger partial charge is 0.335 e. The Hall–Kier alpha value is -1.31. The van der Waals surface area contributed by atoms with Crippen LogP contribution in [0.15, 0.2) is 30.3 Å². The van der Waals surface area contributed by atoms with E-state index in [0.29, 0.717) is 5.56 Å². The van der Waals surface area contributed by atoms with E-state index in [4.69, 9.17) is 5.11 Å². The number of rotatable bonds is 1. The van der Waals surface area contributed by atoms with Gasteiger partial charge < -0.3 is 5.11 Å². The third-order valence-corrected chi connectivity index (χ3v) is 1.02. The molecule has 0 bridgehead atoms. The summed E-state index contributed by atoms with van der Waals surface area (Å²) in [7, 11) is 0. The van der Waals surface area contributed by atoms with Crippen molar-refractivity contribution < 1.29 is 9.90 Å². The molecule has 1 N–H and O–H groups in total. The zero-order chi connectivity index (χ0) is 6.69. The SMILES string of the molecule is O=[12C](O)[12c]1[12cH][12cH][12cH][12cH][12cH]1. The summed E-state index contributed by atoms with van der Waals surface area (Å²) in [6.45, 7) is 0. The van der Waals surface area contributed by atoms with E-state index in [1.54, 1.807) is 30.3 Å². The molecule has 0 amide bonds. The summed E-state index contributed by atoms with van der Waals surface area (Å²) in [5, 5.41) is 8.38. The highest BCUT2D eigenvalue weighted by atomic mass is 16.4. The monoisotopic (exact) mass is 122 g/mol. The van der Waals surface area contributed by atoms with E-state index in [2.05, 4.69) is 0 Å². The van der Waals surface area contributed by atoms with Gasteiger partial charge in [0.15, 0.2) is 0 Å². The maximum absolute atomic E-state index is 10.2. The van der Waals surface area contributed by atoms with E-state index >= 15 is 0 Å². The Morgan fingerprint density at radius 2 is 1.78 bits per heavy atom. The number of benzene rings is 1. The summed E-state index contributed by atoms with van der Waals surface area (Å²) >= 11 is 0. The highest BCUT2D eigenvalue weighted by Gasteiger charge is 1.96. The zero-order valence-corrected chi connectivity index (χ0v) is 4.74. The molecule has 1 aromatic rings. The van der Waals surface area contributed by atoms with Crippen molar-refractivity contribution in [3.05, 3.63) is 35.9 Å². The maximum Gasteiger partial charge on any atom is 0.335 e. The first-order chi connectivity index (χ1) is 4.30. The molecule has 0 saturated carbocycles. The van der Waals surface area contributed by atoms with Crippen LogP contribution in [0.2, 0.25) is 0 Å². The first-order valence-electron chi connectivity index (χ1n) is 2.59. The van der Waals surface area contributed by atoms with Crippen molar-refractivity contribution >= 4 is 5.97 Å². The predicted molar refractivity (Wildman–Crippen MR) is 33.4 cm³/mol. The van der Waals surface area contributed by atoms with Gasteiger partial charge >= 0.3 is 5.97 Å². The molecule has 0 aliphatic carbocycles. The molecular weight excluding hydrogens is 116 g/mol. The number of carbonyl (C=O) groups is 1. The summed E-state index contributed by atoms with van der Waals surface area (Å²) in [6.07, 6.45) is 0. The Kier molecular flexibility index (Phi) is 1.49. The highest BCUT2D eigenvalue weighted by molar-refractivity contribution is 5.87. The Bertz CT molecular complexity index is 203. The quantitative estimate of drug-likeness (QED) is 0.610. The molecule has 0 radical (unpaired) electrons. The first kappa shape index (κ1) is 5.82. The fourth-order valence-electron chi connectivity index (χ4n) is 0.581. The van der Waals surface area contributed by atoms with Crippen LogP contribution in [0, 0.1) is 0 Å². The lowest BCUT2D eigenvalue weighted by atomic mass is 10.2. The molecule has 0 heterocycles. The molecule has 0 fully saturated rings. The van der Waals surface area contributed by atoms with Crippen molar-refractivity contribution in [2.45, 2.75) is 0 Å². The lowest BCUT2D eigenvalue weighted by molar-refractivity contribution is 0.0697. The minimum absolute atomic E-state index is 0.331. The molecule has 0 aliphatic heterocycles. The Labute approximate surface area is 52.8 Å². The van der Waals surface area contributed by atoms with Crippen LogP contribution in [-0.4, -0.2) is 11.1 Å². The molecule has 0 aliphatic rings. The number of aromatic carboxylic acids is 1. The van der Waals surface area contributed by atoms with Gasteiger partial charge in [0.05, 0.1) is 5.56 Å². The van der Waals surface area contributed by atoms with E-state index in [9.17, 15) is 4.79 Å². The van der Waals surface area contributed by atoms with Crippen molar-refractivity contribution in [3.8, 4) is 0 Å². The first-order valence-corrected chi connectivity index (χ1v) is 2.59. The number of carboxylic acid groups (broad SMARTS) is 1. The fraction of sp³-hybridized carbons (Fsp3) is 0. The van der Waals surface area contributed by atoms with Crippen molar-refractivity contribution in [1.82, 2.24) is 0 Å². The minimum Gasteiger partial charge on any atom is -0.478 e. The van der Waals surface area contributed by atoms with Gasteiger partial charge in [-0.25, -0.2) is 4.79 Å². The molecule has 2 nitrogen and oxygen atoms in total. The van der Waals surface area contributed by atoms with Gasteiger partial charge in [0, 0.05) is 0 Å². The van der Waals surface area contributed by atoms with Gasteiger partial charge in [0.2, 0.25) is 0 Å². The minimum atomic E-state index is -0.879. The van der Waals surface area contributed by atoms with Crippen LogP contribution in [0.4, 0.5) is 0 Å². The maximum atomic E-state index is 10.2. The molecule has 0 spiro atoms. The molecule has 0 unspecified atom stereocenters. The van der Waals surface area contributed by atoms with E-state index in [1.165, 1.54) is 0 Å². The van der Waals surface area contributed by atoms with E-state index in [-0.39, 0.29) is 0 Å². The molecule has 0 aromatic heterocycles. The average Bonchev–Trinajstić information content (AvgIpc) is 1.90. The standard InChI is InChI=1S/C7H6O2/c8-7(9)6-4-2-1-3-5-6/h1-5H,(H,8,9)/i1+0,2+0,3+0,4+0,5+0,6+0,7+0. The van der Waals surface area contributed by atoms with E-state index < -0.39 is 5.97 Å². The molecular formula is C7H6O2. The Morgan fingerprint density at radius 1 is 1.22 bits per heavy atom. The van der Waals surface area contributed by atoms with Crippen LogP contribution in [-0.2, 0) is 0 Å². The predicted octanol–water partition coefficient (Wildman–Crippen LogP) is 1.38. The topological polar surface area (TPSA) is 37.3 Å². The van der Waals surface area contributed by atoms with Gasteiger partial charge in [-0.15, -0.1) is 0 Å². The molecule has 2 heteroatoms. The van der Waals surface area contributed by atoms with Crippen LogP contribution < -0.4 is 0 Å². The van der Waals surface area contributed by atoms with Crippen LogP contribution >= 0.6 is 0 Å². The van der Waals surface area contributed by atoms with Crippen LogP contribution in [0.5, 0.6) is 0 Å². The molecule has 1 aromatic carbocycles. The Balaban J connectivity index is 2.98.